The molecule has 9 heteroatoms. The van der Waals surface area contributed by atoms with E-state index in [1.165, 1.54) is 4.31 Å². The second-order valence-corrected chi connectivity index (χ2v) is 9.15. The number of methoxy groups -OCH3 is 1. The number of rotatable bonds is 4. The van der Waals surface area contributed by atoms with Crippen molar-refractivity contribution in [1.29, 1.82) is 0 Å². The Morgan fingerprint density at radius 3 is 2.53 bits per heavy atom. The van der Waals surface area contributed by atoms with Crippen molar-refractivity contribution < 1.29 is 22.4 Å². The summed E-state index contributed by atoms with van der Waals surface area (Å²) in [4.78, 5) is 2.40. The number of sulfonamides is 1. The van der Waals surface area contributed by atoms with E-state index in [-0.39, 0.29) is 4.90 Å². The molecule has 8 nitrogen and oxygen atoms in total. The van der Waals surface area contributed by atoms with E-state index in [9.17, 15) is 8.42 Å². The maximum atomic E-state index is 13.3. The van der Waals surface area contributed by atoms with Gasteiger partial charge in [-0.1, -0.05) is 5.16 Å². The highest BCUT2D eigenvalue weighted by Gasteiger charge is 2.31. The lowest BCUT2D eigenvalue weighted by atomic mass is 10.1. The molecule has 0 aliphatic carbocycles. The normalized spacial score (nSPS) is 16.5. The van der Waals surface area contributed by atoms with Gasteiger partial charge in [0.05, 0.1) is 29.3 Å². The minimum Gasteiger partial charge on any atom is -0.497 e. The van der Waals surface area contributed by atoms with Crippen molar-refractivity contribution in [1.82, 2.24) is 9.46 Å². The SMILES string of the molecule is COc1ccc(N2CCN(S(=O)(=O)c3ccc4c(c3)-c3oncc3CO4)CC2)cc1. The molecular weight excluding hydrogens is 406 g/mol. The summed E-state index contributed by atoms with van der Waals surface area (Å²) >= 11 is 0. The molecule has 1 fully saturated rings. The first-order valence-electron chi connectivity index (χ1n) is 9.66. The van der Waals surface area contributed by atoms with Gasteiger partial charge in [0.2, 0.25) is 10.0 Å². The Labute approximate surface area is 174 Å². The van der Waals surface area contributed by atoms with Crippen LogP contribution in [0.1, 0.15) is 5.56 Å². The average molecular weight is 427 g/mol. The highest BCUT2D eigenvalue weighted by atomic mass is 32.2. The Morgan fingerprint density at radius 2 is 1.80 bits per heavy atom. The summed E-state index contributed by atoms with van der Waals surface area (Å²) in [5, 5.41) is 3.80. The van der Waals surface area contributed by atoms with Gasteiger partial charge in [0.15, 0.2) is 5.76 Å². The number of anilines is 1. The third kappa shape index (κ3) is 3.20. The van der Waals surface area contributed by atoms with E-state index in [0.717, 1.165) is 17.0 Å². The molecule has 0 N–H and O–H groups in total. The zero-order valence-corrected chi connectivity index (χ0v) is 17.3. The van der Waals surface area contributed by atoms with Gasteiger partial charge in [-0.2, -0.15) is 4.31 Å². The van der Waals surface area contributed by atoms with Gasteiger partial charge in [-0.25, -0.2) is 8.42 Å². The Balaban J connectivity index is 1.35. The van der Waals surface area contributed by atoms with Crippen LogP contribution in [0.2, 0.25) is 0 Å². The number of piperazine rings is 1. The largest absolute Gasteiger partial charge is 0.497 e. The molecule has 2 aliphatic rings. The first-order chi connectivity index (χ1) is 14.6. The molecule has 0 bridgehead atoms. The first-order valence-corrected chi connectivity index (χ1v) is 11.1. The van der Waals surface area contributed by atoms with Crippen LogP contribution in [-0.4, -0.2) is 51.2 Å². The van der Waals surface area contributed by atoms with Gasteiger partial charge in [-0.05, 0) is 42.5 Å². The summed E-state index contributed by atoms with van der Waals surface area (Å²) in [6, 6.07) is 12.7. The predicted octanol–water partition coefficient (Wildman–Crippen LogP) is 2.75. The molecule has 156 valence electrons. The van der Waals surface area contributed by atoms with Crippen molar-refractivity contribution in [3.05, 3.63) is 54.2 Å². The van der Waals surface area contributed by atoms with Crippen molar-refractivity contribution in [2.45, 2.75) is 11.5 Å². The van der Waals surface area contributed by atoms with Crippen LogP contribution >= 0.6 is 0 Å². The molecule has 1 aromatic heterocycles. The third-order valence-electron chi connectivity index (χ3n) is 5.54. The van der Waals surface area contributed by atoms with E-state index < -0.39 is 10.0 Å². The van der Waals surface area contributed by atoms with Crippen molar-refractivity contribution in [2.75, 3.05) is 38.2 Å². The molecule has 0 unspecified atom stereocenters. The van der Waals surface area contributed by atoms with Gasteiger partial charge in [0, 0.05) is 31.9 Å². The third-order valence-corrected chi connectivity index (χ3v) is 7.43. The second kappa shape index (κ2) is 7.33. The molecule has 2 aromatic carbocycles. The van der Waals surface area contributed by atoms with Crippen LogP contribution in [0.4, 0.5) is 5.69 Å². The summed E-state index contributed by atoms with van der Waals surface area (Å²) in [6.07, 6.45) is 1.60. The fraction of sp³-hybridized carbons (Fsp3) is 0.286. The van der Waals surface area contributed by atoms with Gasteiger partial charge in [0.1, 0.15) is 18.1 Å². The van der Waals surface area contributed by atoms with E-state index in [0.29, 0.717) is 49.9 Å². The molecule has 1 saturated heterocycles. The van der Waals surface area contributed by atoms with Crippen LogP contribution in [0.3, 0.4) is 0 Å². The van der Waals surface area contributed by atoms with Crippen molar-refractivity contribution in [3.63, 3.8) is 0 Å². The van der Waals surface area contributed by atoms with Crippen molar-refractivity contribution in [3.8, 4) is 22.8 Å². The van der Waals surface area contributed by atoms with Crippen molar-refractivity contribution >= 4 is 15.7 Å². The lowest BCUT2D eigenvalue weighted by Gasteiger charge is -2.35. The first kappa shape index (κ1) is 19.0. The van der Waals surface area contributed by atoms with Gasteiger partial charge < -0.3 is 18.9 Å². The van der Waals surface area contributed by atoms with E-state index in [4.69, 9.17) is 14.0 Å². The number of ether oxygens (including phenoxy) is 2. The summed E-state index contributed by atoms with van der Waals surface area (Å²) in [7, 11) is -1.99. The van der Waals surface area contributed by atoms with E-state index >= 15 is 0 Å². The van der Waals surface area contributed by atoms with Crippen LogP contribution < -0.4 is 14.4 Å². The van der Waals surface area contributed by atoms with E-state index in [1.54, 1.807) is 31.5 Å². The van der Waals surface area contributed by atoms with E-state index in [1.807, 2.05) is 24.3 Å². The summed E-state index contributed by atoms with van der Waals surface area (Å²) in [5.74, 6) is 1.96. The topological polar surface area (TPSA) is 85.1 Å². The van der Waals surface area contributed by atoms with E-state index in [2.05, 4.69) is 10.1 Å². The molecule has 0 amide bonds. The quantitative estimate of drug-likeness (QED) is 0.633. The molecule has 0 atom stereocenters. The zero-order chi connectivity index (χ0) is 20.7. The molecule has 5 rings (SSSR count). The molecular formula is C21H21N3O5S. The maximum Gasteiger partial charge on any atom is 0.243 e. The smallest absolute Gasteiger partial charge is 0.243 e. The summed E-state index contributed by atoms with van der Waals surface area (Å²) < 4.78 is 44.2. The molecule has 30 heavy (non-hydrogen) atoms. The fourth-order valence-corrected chi connectivity index (χ4v) is 5.29. The number of fused-ring (bicyclic) bond motifs is 3. The standard InChI is InChI=1S/C21H21N3O5S/c1-27-17-4-2-16(3-5-17)23-8-10-24(11-9-23)30(25,26)18-6-7-20-19(12-18)21-15(14-28-20)13-22-29-21/h2-7,12-13H,8-11,14H2,1H3. The zero-order valence-electron chi connectivity index (χ0n) is 16.4. The lowest BCUT2D eigenvalue weighted by molar-refractivity contribution is 0.297. The van der Waals surface area contributed by atoms with Crippen LogP contribution in [0.25, 0.3) is 11.3 Å². The number of benzene rings is 2. The predicted molar refractivity (Wildman–Crippen MR) is 110 cm³/mol. The maximum absolute atomic E-state index is 13.3. The van der Waals surface area contributed by atoms with Crippen LogP contribution in [-0.2, 0) is 16.6 Å². The monoisotopic (exact) mass is 427 g/mol. The fourth-order valence-electron chi connectivity index (χ4n) is 3.84. The Hall–Kier alpha value is -3.04. The van der Waals surface area contributed by atoms with Crippen LogP contribution in [0, 0.1) is 0 Å². The van der Waals surface area contributed by atoms with Crippen LogP contribution in [0.5, 0.6) is 11.5 Å². The molecule has 0 saturated carbocycles. The molecule has 0 spiro atoms. The Bertz CT molecular complexity index is 1170. The number of hydrogen-bond acceptors (Lipinski definition) is 7. The molecule has 3 aromatic rings. The average Bonchev–Trinajstić information content (AvgIpc) is 3.28. The number of nitrogens with zero attached hydrogens (tertiary/aromatic N) is 3. The van der Waals surface area contributed by atoms with Crippen molar-refractivity contribution in [2.24, 2.45) is 0 Å². The lowest BCUT2D eigenvalue weighted by Crippen LogP contribution is -2.48. The van der Waals surface area contributed by atoms with Crippen LogP contribution in [0.15, 0.2) is 58.1 Å². The highest BCUT2D eigenvalue weighted by molar-refractivity contribution is 7.89. The Morgan fingerprint density at radius 1 is 1.03 bits per heavy atom. The Kier molecular flexibility index (Phi) is 4.63. The minimum atomic E-state index is -3.63. The number of hydrogen-bond donors (Lipinski definition) is 0. The highest BCUT2D eigenvalue weighted by Crippen LogP contribution is 2.39. The molecule has 2 aliphatic heterocycles. The van der Waals surface area contributed by atoms with Gasteiger partial charge in [-0.3, -0.25) is 0 Å². The number of aromatic nitrogens is 1. The molecule has 0 radical (unpaired) electrons. The van der Waals surface area contributed by atoms with Gasteiger partial charge in [-0.15, -0.1) is 0 Å². The second-order valence-electron chi connectivity index (χ2n) is 7.22. The minimum absolute atomic E-state index is 0.229. The summed E-state index contributed by atoms with van der Waals surface area (Å²) in [6.45, 7) is 2.42. The molecule has 3 heterocycles. The van der Waals surface area contributed by atoms with Gasteiger partial charge in [0.25, 0.3) is 0 Å². The van der Waals surface area contributed by atoms with Gasteiger partial charge >= 0.3 is 0 Å². The summed E-state index contributed by atoms with van der Waals surface area (Å²) in [5.41, 5.74) is 2.48.